The van der Waals surface area contributed by atoms with E-state index in [1.807, 2.05) is 48.5 Å². The number of rotatable bonds is 4. The van der Waals surface area contributed by atoms with Crippen LogP contribution >= 0.6 is 0 Å². The molecule has 118 valence electrons. The van der Waals surface area contributed by atoms with Crippen LogP contribution in [0.2, 0.25) is 0 Å². The van der Waals surface area contributed by atoms with Crippen molar-refractivity contribution in [2.75, 3.05) is 5.32 Å². The summed E-state index contributed by atoms with van der Waals surface area (Å²) in [7, 11) is 0. The maximum atomic E-state index is 12.0. The highest BCUT2D eigenvalue weighted by atomic mass is 16.1. The van der Waals surface area contributed by atoms with E-state index in [0.29, 0.717) is 23.4 Å². The quantitative estimate of drug-likeness (QED) is 0.540. The number of hydrogen-bond acceptors (Lipinski definition) is 4. The van der Waals surface area contributed by atoms with Crippen molar-refractivity contribution in [3.05, 3.63) is 77.0 Å². The molecule has 0 unspecified atom stereocenters. The average molecular weight is 317 g/mol. The largest absolute Gasteiger partial charge is 0.349 e. The number of aromatic amines is 2. The van der Waals surface area contributed by atoms with Gasteiger partial charge in [-0.1, -0.05) is 42.5 Å². The van der Waals surface area contributed by atoms with Crippen LogP contribution in [0.4, 0.5) is 5.95 Å². The van der Waals surface area contributed by atoms with Crippen LogP contribution in [-0.4, -0.2) is 19.9 Å². The monoisotopic (exact) mass is 317 g/mol. The molecule has 0 saturated heterocycles. The van der Waals surface area contributed by atoms with Crippen LogP contribution in [0, 0.1) is 0 Å². The van der Waals surface area contributed by atoms with Gasteiger partial charge >= 0.3 is 0 Å². The Balaban J connectivity index is 1.53. The highest BCUT2D eigenvalue weighted by Gasteiger charge is 2.05. The molecule has 0 aliphatic heterocycles. The van der Waals surface area contributed by atoms with E-state index < -0.39 is 0 Å². The fraction of sp³-hybridized carbons (Fsp3) is 0.0556. The van der Waals surface area contributed by atoms with E-state index in [0.717, 1.165) is 17.1 Å². The minimum atomic E-state index is -0.160. The molecule has 6 heteroatoms. The minimum Gasteiger partial charge on any atom is -0.349 e. The first-order valence-corrected chi connectivity index (χ1v) is 7.62. The topological polar surface area (TPSA) is 86.5 Å². The Kier molecular flexibility index (Phi) is 3.55. The molecule has 2 heterocycles. The Bertz CT molecular complexity index is 1040. The maximum absolute atomic E-state index is 12.0. The van der Waals surface area contributed by atoms with Crippen molar-refractivity contribution in [1.82, 2.24) is 19.9 Å². The van der Waals surface area contributed by atoms with Crippen molar-refractivity contribution >= 4 is 16.9 Å². The third-order valence-corrected chi connectivity index (χ3v) is 3.75. The van der Waals surface area contributed by atoms with Crippen molar-refractivity contribution in [3.8, 4) is 11.3 Å². The summed E-state index contributed by atoms with van der Waals surface area (Å²) in [6, 6.07) is 17.2. The predicted molar refractivity (Wildman–Crippen MR) is 93.7 cm³/mol. The van der Waals surface area contributed by atoms with Crippen molar-refractivity contribution in [2.24, 2.45) is 0 Å². The number of hydrogen-bond donors (Lipinski definition) is 3. The Morgan fingerprint density at radius 3 is 2.62 bits per heavy atom. The normalized spacial score (nSPS) is 10.8. The van der Waals surface area contributed by atoms with E-state index in [1.165, 1.54) is 0 Å². The van der Waals surface area contributed by atoms with Crippen molar-refractivity contribution in [2.45, 2.75) is 6.54 Å². The molecule has 0 fully saturated rings. The van der Waals surface area contributed by atoms with Gasteiger partial charge in [-0.25, -0.2) is 9.97 Å². The second-order valence-electron chi connectivity index (χ2n) is 5.39. The molecule has 0 aliphatic carbocycles. The zero-order chi connectivity index (χ0) is 16.4. The number of H-pyrrole nitrogens is 2. The number of fused-ring (bicyclic) bond motifs is 1. The Morgan fingerprint density at radius 2 is 1.75 bits per heavy atom. The Morgan fingerprint density at radius 1 is 0.958 bits per heavy atom. The van der Waals surface area contributed by atoms with Gasteiger partial charge in [-0.3, -0.25) is 9.78 Å². The lowest BCUT2D eigenvalue weighted by Gasteiger charge is -2.04. The second kappa shape index (κ2) is 6.00. The van der Waals surface area contributed by atoms with Gasteiger partial charge in [-0.2, -0.15) is 0 Å². The van der Waals surface area contributed by atoms with Gasteiger partial charge in [0.1, 0.15) is 5.82 Å². The summed E-state index contributed by atoms with van der Waals surface area (Å²) < 4.78 is 0. The minimum absolute atomic E-state index is 0.160. The van der Waals surface area contributed by atoms with Gasteiger partial charge in [0.25, 0.3) is 5.56 Å². The molecular weight excluding hydrogens is 302 g/mol. The predicted octanol–water partition coefficient (Wildman–Crippen LogP) is 2.93. The van der Waals surface area contributed by atoms with Gasteiger partial charge in [0.2, 0.25) is 5.95 Å². The number of para-hydroxylation sites is 1. The molecule has 24 heavy (non-hydrogen) atoms. The third kappa shape index (κ3) is 2.77. The summed E-state index contributed by atoms with van der Waals surface area (Å²) >= 11 is 0. The fourth-order valence-electron chi connectivity index (χ4n) is 2.55. The average Bonchev–Trinajstić information content (AvgIpc) is 3.10. The molecule has 0 spiro atoms. The first-order chi connectivity index (χ1) is 11.8. The lowest BCUT2D eigenvalue weighted by molar-refractivity contribution is 0.970. The molecule has 2 aromatic heterocycles. The van der Waals surface area contributed by atoms with Crippen LogP contribution < -0.4 is 10.9 Å². The SMILES string of the molecule is O=c1[nH]c(NCc2ncc(-c3ccccc3)[nH]2)nc2ccccc12. The van der Waals surface area contributed by atoms with Gasteiger partial charge < -0.3 is 10.3 Å². The van der Waals surface area contributed by atoms with E-state index in [-0.39, 0.29) is 5.56 Å². The highest BCUT2D eigenvalue weighted by Crippen LogP contribution is 2.16. The van der Waals surface area contributed by atoms with E-state index in [2.05, 4.69) is 25.3 Å². The van der Waals surface area contributed by atoms with Crippen molar-refractivity contribution < 1.29 is 0 Å². The third-order valence-electron chi connectivity index (χ3n) is 3.75. The fourth-order valence-corrected chi connectivity index (χ4v) is 2.55. The van der Waals surface area contributed by atoms with Gasteiger partial charge in [-0.05, 0) is 17.7 Å². The molecule has 0 bridgehead atoms. The maximum Gasteiger partial charge on any atom is 0.260 e. The zero-order valence-corrected chi connectivity index (χ0v) is 12.8. The van der Waals surface area contributed by atoms with Crippen molar-refractivity contribution in [1.29, 1.82) is 0 Å². The number of benzene rings is 2. The molecule has 0 amide bonds. The van der Waals surface area contributed by atoms with Crippen LogP contribution in [0.1, 0.15) is 5.82 Å². The van der Waals surface area contributed by atoms with E-state index in [9.17, 15) is 4.79 Å². The van der Waals surface area contributed by atoms with Crippen LogP contribution in [0.25, 0.3) is 22.2 Å². The van der Waals surface area contributed by atoms with Crippen LogP contribution in [0.5, 0.6) is 0 Å². The van der Waals surface area contributed by atoms with Crippen LogP contribution in [0.3, 0.4) is 0 Å². The van der Waals surface area contributed by atoms with Gasteiger partial charge in [0, 0.05) is 0 Å². The first-order valence-electron chi connectivity index (χ1n) is 7.62. The molecule has 2 aromatic carbocycles. The smallest absolute Gasteiger partial charge is 0.260 e. The van der Waals surface area contributed by atoms with Gasteiger partial charge in [0.15, 0.2) is 0 Å². The zero-order valence-electron chi connectivity index (χ0n) is 12.8. The Labute approximate surface area is 137 Å². The lowest BCUT2D eigenvalue weighted by Crippen LogP contribution is -2.13. The molecule has 0 radical (unpaired) electrons. The van der Waals surface area contributed by atoms with Crippen molar-refractivity contribution in [3.63, 3.8) is 0 Å². The summed E-state index contributed by atoms with van der Waals surface area (Å²) in [5.41, 5.74) is 2.53. The van der Waals surface area contributed by atoms with E-state index >= 15 is 0 Å². The number of anilines is 1. The summed E-state index contributed by atoms with van der Waals surface area (Å²) in [6.45, 7) is 0.439. The van der Waals surface area contributed by atoms with Crippen LogP contribution in [-0.2, 0) is 6.54 Å². The van der Waals surface area contributed by atoms with Gasteiger partial charge in [-0.15, -0.1) is 0 Å². The molecule has 6 nitrogen and oxygen atoms in total. The molecular formula is C18H15N5O. The molecule has 0 atom stereocenters. The second-order valence-corrected chi connectivity index (χ2v) is 5.39. The summed E-state index contributed by atoms with van der Waals surface area (Å²) in [6.07, 6.45) is 1.79. The number of nitrogens with zero attached hydrogens (tertiary/aromatic N) is 2. The van der Waals surface area contributed by atoms with E-state index in [4.69, 9.17) is 0 Å². The molecule has 4 aromatic rings. The summed E-state index contributed by atoms with van der Waals surface area (Å²) in [5.74, 6) is 1.20. The first kappa shape index (κ1) is 14.2. The number of imidazole rings is 1. The van der Waals surface area contributed by atoms with Crippen LogP contribution in [0.15, 0.2) is 65.6 Å². The molecule has 3 N–H and O–H groups in total. The van der Waals surface area contributed by atoms with Gasteiger partial charge in [0.05, 0.1) is 29.3 Å². The summed E-state index contributed by atoms with van der Waals surface area (Å²) in [4.78, 5) is 26.8. The summed E-state index contributed by atoms with van der Waals surface area (Å²) in [5, 5.41) is 3.67. The lowest BCUT2D eigenvalue weighted by atomic mass is 10.2. The Hall–Kier alpha value is -3.41. The molecule has 0 saturated carbocycles. The molecule has 4 rings (SSSR count). The number of nitrogens with one attached hydrogen (secondary N) is 3. The standard InChI is InChI=1S/C18H15N5O/c24-17-13-8-4-5-9-14(13)22-18(23-17)20-11-16-19-10-15(21-16)12-6-2-1-3-7-12/h1-10H,11H2,(H,19,21)(H2,20,22,23,24). The number of aromatic nitrogens is 4. The molecule has 0 aliphatic rings. The van der Waals surface area contributed by atoms with E-state index in [1.54, 1.807) is 12.3 Å². The highest BCUT2D eigenvalue weighted by molar-refractivity contribution is 5.78.